The number of hydrogen-bond donors (Lipinski definition) is 0. The number of esters is 1. The van der Waals surface area contributed by atoms with Gasteiger partial charge >= 0.3 is 5.97 Å². The summed E-state index contributed by atoms with van der Waals surface area (Å²) in [6.45, 7) is 6.35. The second kappa shape index (κ2) is 6.51. The van der Waals surface area contributed by atoms with Gasteiger partial charge in [-0.05, 0) is 20.8 Å². The van der Waals surface area contributed by atoms with Crippen LogP contribution in [0, 0.1) is 6.92 Å². The maximum Gasteiger partial charge on any atom is 0.327 e. The minimum absolute atomic E-state index is 0.0474. The van der Waals surface area contributed by atoms with E-state index in [1.165, 1.54) is 11.3 Å². The van der Waals surface area contributed by atoms with Gasteiger partial charge in [0.2, 0.25) is 5.90 Å². The van der Waals surface area contributed by atoms with E-state index in [9.17, 15) is 4.79 Å². The number of thiazole rings is 1. The summed E-state index contributed by atoms with van der Waals surface area (Å²) < 4.78 is 12.3. The lowest BCUT2D eigenvalue weighted by Gasteiger charge is -2.06. The molecule has 0 aliphatic carbocycles. The predicted molar refractivity (Wildman–Crippen MR) is 77.5 cm³/mol. The van der Waals surface area contributed by atoms with E-state index in [1.54, 1.807) is 6.92 Å². The summed E-state index contributed by atoms with van der Waals surface area (Å²) in [5.41, 5.74) is 1.73. The summed E-state index contributed by atoms with van der Waals surface area (Å²) in [4.78, 5) is 20.9. The zero-order chi connectivity index (χ0) is 14.5. The van der Waals surface area contributed by atoms with Crippen LogP contribution in [0.3, 0.4) is 0 Å². The fourth-order valence-electron chi connectivity index (χ4n) is 1.73. The van der Waals surface area contributed by atoms with E-state index in [-0.39, 0.29) is 12.5 Å². The highest BCUT2D eigenvalue weighted by Gasteiger charge is 2.14. The lowest BCUT2D eigenvalue weighted by Crippen LogP contribution is -2.14. The first-order valence-corrected chi connectivity index (χ1v) is 7.30. The van der Waals surface area contributed by atoms with Crippen molar-refractivity contribution in [1.29, 1.82) is 0 Å². The van der Waals surface area contributed by atoms with E-state index in [2.05, 4.69) is 9.98 Å². The highest BCUT2D eigenvalue weighted by atomic mass is 32.1. The molecule has 0 saturated carbocycles. The maximum absolute atomic E-state index is 11.4. The van der Waals surface area contributed by atoms with Gasteiger partial charge in [-0.2, -0.15) is 0 Å². The first kappa shape index (κ1) is 14.5. The smallest absolute Gasteiger partial charge is 0.327 e. The molecule has 0 aliphatic rings. The molecular formula is C13H17N3O3S. The van der Waals surface area contributed by atoms with E-state index in [0.29, 0.717) is 19.1 Å². The van der Waals surface area contributed by atoms with Crippen LogP contribution in [0.25, 0.3) is 4.96 Å². The highest BCUT2D eigenvalue weighted by Crippen LogP contribution is 2.17. The van der Waals surface area contributed by atoms with Crippen molar-refractivity contribution in [2.45, 2.75) is 20.8 Å². The number of ether oxygens (including phenoxy) is 2. The number of carbonyl (C=O) groups excluding carboxylic acids is 1. The molecule has 0 aliphatic heterocycles. The van der Waals surface area contributed by atoms with Crippen LogP contribution in [-0.2, 0) is 14.3 Å². The molecule has 0 unspecified atom stereocenters. The number of fused-ring (bicyclic) bond motifs is 1. The fourth-order valence-corrected chi connectivity index (χ4v) is 2.62. The molecule has 2 heterocycles. The molecule has 7 heteroatoms. The van der Waals surface area contributed by atoms with E-state index in [4.69, 9.17) is 9.47 Å². The first-order valence-electron chi connectivity index (χ1n) is 6.42. The number of imidazole rings is 1. The minimum Gasteiger partial charge on any atom is -0.477 e. The number of rotatable bonds is 5. The van der Waals surface area contributed by atoms with Crippen LogP contribution in [0.5, 0.6) is 0 Å². The molecule has 108 valence electrons. The van der Waals surface area contributed by atoms with Crippen LogP contribution in [0.15, 0.2) is 16.6 Å². The Bertz CT molecular complexity index is 630. The van der Waals surface area contributed by atoms with Gasteiger partial charge < -0.3 is 9.47 Å². The van der Waals surface area contributed by atoms with Gasteiger partial charge in [0, 0.05) is 11.6 Å². The van der Waals surface area contributed by atoms with Gasteiger partial charge in [0.25, 0.3) is 0 Å². The van der Waals surface area contributed by atoms with Crippen LogP contribution < -0.4 is 0 Å². The average Bonchev–Trinajstić information content (AvgIpc) is 2.94. The summed E-state index contributed by atoms with van der Waals surface area (Å²) in [7, 11) is 0. The Hall–Kier alpha value is -1.89. The van der Waals surface area contributed by atoms with E-state index in [0.717, 1.165) is 16.3 Å². The van der Waals surface area contributed by atoms with Gasteiger partial charge in [-0.3, -0.25) is 9.20 Å². The summed E-state index contributed by atoms with van der Waals surface area (Å²) in [5.74, 6) is 0.0715. The SMILES string of the molecule is CCOC(=O)CN=C(OCC)c1csc2nc(C)cn12. The van der Waals surface area contributed by atoms with E-state index in [1.807, 2.05) is 29.8 Å². The largest absolute Gasteiger partial charge is 0.477 e. The Balaban J connectivity index is 2.27. The molecule has 2 aromatic rings. The van der Waals surface area contributed by atoms with Gasteiger partial charge in [-0.15, -0.1) is 11.3 Å². The second-order valence-corrected chi connectivity index (χ2v) is 4.85. The summed E-state index contributed by atoms with van der Waals surface area (Å²) in [5, 5.41) is 1.92. The molecule has 0 saturated heterocycles. The van der Waals surface area contributed by atoms with Crippen LogP contribution in [0.4, 0.5) is 0 Å². The molecule has 2 rings (SSSR count). The second-order valence-electron chi connectivity index (χ2n) is 4.02. The fraction of sp³-hybridized carbons (Fsp3) is 0.462. The monoisotopic (exact) mass is 295 g/mol. The van der Waals surface area contributed by atoms with Crippen molar-refractivity contribution in [3.8, 4) is 0 Å². The highest BCUT2D eigenvalue weighted by molar-refractivity contribution is 7.15. The Labute approximate surface area is 121 Å². The molecule has 0 aromatic carbocycles. The van der Waals surface area contributed by atoms with Crippen LogP contribution in [0.2, 0.25) is 0 Å². The zero-order valence-electron chi connectivity index (χ0n) is 11.8. The van der Waals surface area contributed by atoms with Gasteiger partial charge in [0.05, 0.1) is 18.9 Å². The van der Waals surface area contributed by atoms with Gasteiger partial charge in [-0.25, -0.2) is 9.98 Å². The Morgan fingerprint density at radius 3 is 2.85 bits per heavy atom. The predicted octanol–water partition coefficient (Wildman–Crippen LogP) is 2.05. The topological polar surface area (TPSA) is 65.2 Å². The third-order valence-corrected chi connectivity index (χ3v) is 3.33. The Morgan fingerprint density at radius 1 is 1.40 bits per heavy atom. The number of aryl methyl sites for hydroxylation is 1. The maximum atomic E-state index is 11.4. The molecule has 0 fully saturated rings. The lowest BCUT2D eigenvalue weighted by molar-refractivity contribution is -0.141. The molecule has 20 heavy (non-hydrogen) atoms. The van der Waals surface area contributed by atoms with Crippen LogP contribution in [0.1, 0.15) is 25.2 Å². The summed E-state index contributed by atoms with van der Waals surface area (Å²) in [6.07, 6.45) is 1.92. The average molecular weight is 295 g/mol. The molecule has 0 atom stereocenters. The molecule has 2 aromatic heterocycles. The third-order valence-electron chi connectivity index (χ3n) is 2.49. The van der Waals surface area contributed by atoms with Gasteiger partial charge in [0.1, 0.15) is 12.2 Å². The van der Waals surface area contributed by atoms with Crippen molar-refractivity contribution in [3.63, 3.8) is 0 Å². The molecule has 0 radical (unpaired) electrons. The van der Waals surface area contributed by atoms with Gasteiger partial charge in [-0.1, -0.05) is 0 Å². The number of aliphatic imine (C=N–C) groups is 1. The zero-order valence-corrected chi connectivity index (χ0v) is 12.6. The normalized spacial score (nSPS) is 11.8. The lowest BCUT2D eigenvalue weighted by atomic mass is 10.4. The number of hydrogen-bond acceptors (Lipinski definition) is 6. The molecule has 0 amide bonds. The minimum atomic E-state index is -0.363. The van der Waals surface area contributed by atoms with E-state index < -0.39 is 0 Å². The molecule has 0 spiro atoms. The quantitative estimate of drug-likeness (QED) is 0.481. The van der Waals surface area contributed by atoms with Crippen molar-refractivity contribution in [2.24, 2.45) is 4.99 Å². The molecular weight excluding hydrogens is 278 g/mol. The number of aromatic nitrogens is 2. The number of carbonyl (C=O) groups is 1. The van der Waals surface area contributed by atoms with Crippen molar-refractivity contribution in [1.82, 2.24) is 9.38 Å². The summed E-state index contributed by atoms with van der Waals surface area (Å²) >= 11 is 1.51. The standard InChI is InChI=1S/C13H17N3O3S/c1-4-18-11(17)6-14-12(19-5-2)10-8-20-13-15-9(3)7-16(10)13/h7-8H,4-6H2,1-3H3. The van der Waals surface area contributed by atoms with Gasteiger partial charge in [0.15, 0.2) is 4.96 Å². The third kappa shape index (κ3) is 3.16. The Kier molecular flexibility index (Phi) is 4.73. The molecule has 0 bridgehead atoms. The summed E-state index contributed by atoms with van der Waals surface area (Å²) in [6, 6.07) is 0. The number of nitrogens with zero attached hydrogens (tertiary/aromatic N) is 3. The van der Waals surface area contributed by atoms with E-state index >= 15 is 0 Å². The Morgan fingerprint density at radius 2 is 2.15 bits per heavy atom. The van der Waals surface area contributed by atoms with Crippen molar-refractivity contribution in [3.05, 3.63) is 23.0 Å². The van der Waals surface area contributed by atoms with Crippen LogP contribution >= 0.6 is 11.3 Å². The van der Waals surface area contributed by atoms with Crippen molar-refractivity contribution in [2.75, 3.05) is 19.8 Å². The molecule has 0 N–H and O–H groups in total. The first-order chi connectivity index (χ1) is 9.65. The van der Waals surface area contributed by atoms with Crippen molar-refractivity contribution >= 4 is 28.2 Å². The van der Waals surface area contributed by atoms with Crippen LogP contribution in [-0.4, -0.2) is 41.0 Å². The molecule has 6 nitrogen and oxygen atoms in total. The van der Waals surface area contributed by atoms with Crippen molar-refractivity contribution < 1.29 is 14.3 Å².